The number of benzene rings is 1. The van der Waals surface area contributed by atoms with E-state index in [4.69, 9.17) is 0 Å². The summed E-state index contributed by atoms with van der Waals surface area (Å²) in [6.07, 6.45) is 8.92. The van der Waals surface area contributed by atoms with Gasteiger partial charge in [-0.25, -0.2) is 0 Å². The molecule has 1 aromatic rings. The van der Waals surface area contributed by atoms with Crippen LogP contribution >= 0.6 is 0 Å². The first kappa shape index (κ1) is 15.1. The minimum atomic E-state index is -0.0383. The van der Waals surface area contributed by atoms with Gasteiger partial charge in [-0.05, 0) is 48.6 Å². The second-order valence-electron chi connectivity index (χ2n) is 7.46. The van der Waals surface area contributed by atoms with Gasteiger partial charge in [0.2, 0.25) is 0 Å². The Bertz CT molecular complexity index is 468. The zero-order valence-corrected chi connectivity index (χ0v) is 13.3. The third kappa shape index (κ3) is 3.67. The van der Waals surface area contributed by atoms with Crippen molar-refractivity contribution in [2.45, 2.75) is 64.0 Å². The number of rotatable bonds is 6. The van der Waals surface area contributed by atoms with Crippen LogP contribution in [0.3, 0.4) is 0 Å². The van der Waals surface area contributed by atoms with Crippen LogP contribution in [-0.4, -0.2) is 17.3 Å². The number of aliphatic hydroxyl groups excluding tert-OH is 1. The normalized spacial score (nSPS) is 29.5. The molecule has 0 saturated heterocycles. The third-order valence-corrected chi connectivity index (χ3v) is 5.57. The van der Waals surface area contributed by atoms with Crippen molar-refractivity contribution in [3.8, 4) is 0 Å². The highest BCUT2D eigenvalue weighted by molar-refractivity contribution is 5.24. The van der Waals surface area contributed by atoms with E-state index in [0.29, 0.717) is 0 Å². The molecule has 2 aliphatic carbocycles. The molecule has 2 atom stereocenters. The maximum atomic E-state index is 9.76. The van der Waals surface area contributed by atoms with E-state index in [1.54, 1.807) is 0 Å². The molecule has 1 aromatic carbocycles. The lowest BCUT2D eigenvalue weighted by atomic mass is 9.81. The van der Waals surface area contributed by atoms with Crippen LogP contribution in [-0.2, 0) is 13.0 Å². The van der Waals surface area contributed by atoms with Crippen LogP contribution in [0, 0.1) is 11.8 Å². The average Bonchev–Trinajstić information content (AvgIpc) is 2.84. The summed E-state index contributed by atoms with van der Waals surface area (Å²) >= 11 is 0. The SMILES string of the molecule is CC1CCC(CO)(NCc2cccc(CC3CCC3)c2)C1. The Balaban J connectivity index is 1.58. The van der Waals surface area contributed by atoms with Crippen LogP contribution in [0.25, 0.3) is 0 Å². The summed E-state index contributed by atoms with van der Waals surface area (Å²) in [4.78, 5) is 0. The first-order valence-electron chi connectivity index (χ1n) is 8.63. The zero-order chi connectivity index (χ0) is 14.7. The van der Waals surface area contributed by atoms with E-state index in [-0.39, 0.29) is 12.1 Å². The molecule has 0 amide bonds. The van der Waals surface area contributed by atoms with Crippen molar-refractivity contribution in [2.24, 2.45) is 11.8 Å². The molecule has 2 unspecified atom stereocenters. The molecule has 0 heterocycles. The predicted molar refractivity (Wildman–Crippen MR) is 87.2 cm³/mol. The van der Waals surface area contributed by atoms with Crippen molar-refractivity contribution in [1.82, 2.24) is 5.32 Å². The van der Waals surface area contributed by atoms with E-state index in [1.165, 1.54) is 43.2 Å². The summed E-state index contributed by atoms with van der Waals surface area (Å²) in [5.41, 5.74) is 2.81. The fourth-order valence-corrected chi connectivity index (χ4v) is 3.94. The maximum Gasteiger partial charge on any atom is 0.0613 e. The molecule has 0 aromatic heterocycles. The van der Waals surface area contributed by atoms with Gasteiger partial charge in [-0.1, -0.05) is 50.5 Å². The maximum absolute atomic E-state index is 9.76. The average molecular weight is 287 g/mol. The van der Waals surface area contributed by atoms with Gasteiger partial charge in [-0.2, -0.15) is 0 Å². The van der Waals surface area contributed by atoms with Crippen molar-refractivity contribution >= 4 is 0 Å². The molecule has 0 bridgehead atoms. The van der Waals surface area contributed by atoms with Crippen LogP contribution < -0.4 is 5.32 Å². The smallest absolute Gasteiger partial charge is 0.0613 e. The Morgan fingerprint density at radius 3 is 2.67 bits per heavy atom. The summed E-state index contributed by atoms with van der Waals surface area (Å²) in [5.74, 6) is 1.65. The first-order valence-corrected chi connectivity index (χ1v) is 8.63. The van der Waals surface area contributed by atoms with E-state index in [2.05, 4.69) is 36.5 Å². The van der Waals surface area contributed by atoms with Gasteiger partial charge in [-0.3, -0.25) is 0 Å². The Labute approximate surface area is 129 Å². The van der Waals surface area contributed by atoms with Gasteiger partial charge in [0, 0.05) is 12.1 Å². The van der Waals surface area contributed by atoms with E-state index in [1.807, 2.05) is 0 Å². The van der Waals surface area contributed by atoms with Gasteiger partial charge in [0.05, 0.1) is 6.61 Å². The highest BCUT2D eigenvalue weighted by Gasteiger charge is 2.36. The molecule has 2 nitrogen and oxygen atoms in total. The molecule has 116 valence electrons. The molecule has 2 fully saturated rings. The topological polar surface area (TPSA) is 32.3 Å². The van der Waals surface area contributed by atoms with Crippen molar-refractivity contribution in [1.29, 1.82) is 0 Å². The Kier molecular flexibility index (Phi) is 4.66. The predicted octanol–water partition coefficient (Wildman–Crippen LogP) is 3.67. The molecular formula is C19H29NO. The van der Waals surface area contributed by atoms with Gasteiger partial charge in [0.15, 0.2) is 0 Å². The summed E-state index contributed by atoms with van der Waals surface area (Å²) < 4.78 is 0. The van der Waals surface area contributed by atoms with Crippen LogP contribution in [0.1, 0.15) is 56.6 Å². The monoisotopic (exact) mass is 287 g/mol. The summed E-state index contributed by atoms with van der Waals surface area (Å²) in [6.45, 7) is 3.43. The second-order valence-corrected chi connectivity index (χ2v) is 7.46. The minimum absolute atomic E-state index is 0.0383. The first-order chi connectivity index (χ1) is 10.2. The zero-order valence-electron chi connectivity index (χ0n) is 13.3. The molecule has 21 heavy (non-hydrogen) atoms. The Hall–Kier alpha value is -0.860. The summed E-state index contributed by atoms with van der Waals surface area (Å²) in [5, 5.41) is 13.4. The van der Waals surface area contributed by atoms with Gasteiger partial charge in [-0.15, -0.1) is 0 Å². The molecule has 0 spiro atoms. The Morgan fingerprint density at radius 1 is 1.24 bits per heavy atom. The van der Waals surface area contributed by atoms with Crippen molar-refractivity contribution in [3.63, 3.8) is 0 Å². The van der Waals surface area contributed by atoms with Crippen molar-refractivity contribution in [2.75, 3.05) is 6.61 Å². The number of hydrogen-bond donors (Lipinski definition) is 2. The van der Waals surface area contributed by atoms with E-state index in [0.717, 1.165) is 31.2 Å². The second kappa shape index (κ2) is 6.50. The lowest BCUT2D eigenvalue weighted by molar-refractivity contribution is 0.159. The van der Waals surface area contributed by atoms with Gasteiger partial charge in [0.25, 0.3) is 0 Å². The van der Waals surface area contributed by atoms with Crippen LogP contribution in [0.4, 0.5) is 0 Å². The quantitative estimate of drug-likeness (QED) is 0.836. The molecule has 0 aliphatic heterocycles. The lowest BCUT2D eigenvalue weighted by Gasteiger charge is -2.29. The fourth-order valence-electron chi connectivity index (χ4n) is 3.94. The standard InChI is InChI=1S/C19H29NO/c1-15-8-9-19(12-15,14-21)20-13-18-7-3-6-17(11-18)10-16-4-2-5-16/h3,6-7,11,15-16,20-21H,2,4-5,8-10,12-14H2,1H3. The van der Waals surface area contributed by atoms with E-state index in [9.17, 15) is 5.11 Å². The molecule has 2 heteroatoms. The van der Waals surface area contributed by atoms with Crippen molar-refractivity contribution in [3.05, 3.63) is 35.4 Å². The number of nitrogens with one attached hydrogen (secondary N) is 1. The van der Waals surface area contributed by atoms with Gasteiger partial charge < -0.3 is 10.4 Å². The van der Waals surface area contributed by atoms with Gasteiger partial charge in [0.1, 0.15) is 0 Å². The van der Waals surface area contributed by atoms with Crippen LogP contribution in [0.15, 0.2) is 24.3 Å². The third-order valence-electron chi connectivity index (χ3n) is 5.57. The molecule has 2 N–H and O–H groups in total. The molecule has 3 rings (SSSR count). The molecule has 2 saturated carbocycles. The lowest BCUT2D eigenvalue weighted by Crippen LogP contribution is -2.45. The van der Waals surface area contributed by atoms with E-state index < -0.39 is 0 Å². The van der Waals surface area contributed by atoms with Gasteiger partial charge >= 0.3 is 0 Å². The van der Waals surface area contributed by atoms with E-state index >= 15 is 0 Å². The van der Waals surface area contributed by atoms with Crippen LogP contribution in [0.2, 0.25) is 0 Å². The number of aliphatic hydroxyl groups is 1. The summed E-state index contributed by atoms with van der Waals surface area (Å²) in [7, 11) is 0. The largest absolute Gasteiger partial charge is 0.394 e. The van der Waals surface area contributed by atoms with Crippen molar-refractivity contribution < 1.29 is 5.11 Å². The summed E-state index contributed by atoms with van der Waals surface area (Å²) in [6, 6.07) is 9.02. The Morgan fingerprint density at radius 2 is 2.05 bits per heavy atom. The highest BCUT2D eigenvalue weighted by atomic mass is 16.3. The fraction of sp³-hybridized carbons (Fsp3) is 0.684. The minimum Gasteiger partial charge on any atom is -0.394 e. The molecule has 2 aliphatic rings. The molecule has 0 radical (unpaired) electrons. The number of hydrogen-bond acceptors (Lipinski definition) is 2. The highest BCUT2D eigenvalue weighted by Crippen LogP contribution is 2.34. The van der Waals surface area contributed by atoms with Crippen LogP contribution in [0.5, 0.6) is 0 Å². The molecular weight excluding hydrogens is 258 g/mol.